The first kappa shape index (κ1) is 8.81. The smallest absolute Gasteiger partial charge is 0.156 e. The van der Waals surface area contributed by atoms with Crippen molar-refractivity contribution in [3.63, 3.8) is 0 Å². The van der Waals surface area contributed by atoms with Crippen molar-refractivity contribution in [2.45, 2.75) is 13.5 Å². The van der Waals surface area contributed by atoms with E-state index in [0.717, 1.165) is 5.69 Å². The summed E-state index contributed by atoms with van der Waals surface area (Å²) in [7, 11) is 0. The Balaban J connectivity index is 2.23. The predicted molar refractivity (Wildman–Crippen MR) is 54.2 cm³/mol. The van der Waals surface area contributed by atoms with Gasteiger partial charge in [-0.15, -0.1) is 0 Å². The number of rotatable bonds is 2. The molecular weight excluding hydrogens is 176 g/mol. The van der Waals surface area contributed by atoms with Crippen molar-refractivity contribution < 1.29 is 5.11 Å². The second kappa shape index (κ2) is 3.54. The van der Waals surface area contributed by atoms with Crippen LogP contribution in [0.2, 0.25) is 0 Å². The third-order valence-electron chi connectivity index (χ3n) is 2.25. The van der Waals surface area contributed by atoms with Gasteiger partial charge in [0.05, 0.1) is 18.4 Å². The fourth-order valence-corrected chi connectivity index (χ4v) is 1.35. The SMILES string of the molecule is Cc1c(O)cnn1Cc1ccccc1. The number of aromatic nitrogens is 2. The minimum absolute atomic E-state index is 0.251. The van der Waals surface area contributed by atoms with Gasteiger partial charge in [0.1, 0.15) is 0 Å². The highest BCUT2D eigenvalue weighted by Gasteiger charge is 2.03. The van der Waals surface area contributed by atoms with Crippen molar-refractivity contribution in [2.24, 2.45) is 0 Å². The van der Waals surface area contributed by atoms with E-state index in [-0.39, 0.29) is 5.75 Å². The Morgan fingerprint density at radius 2 is 2.00 bits per heavy atom. The van der Waals surface area contributed by atoms with Crippen molar-refractivity contribution >= 4 is 0 Å². The van der Waals surface area contributed by atoms with E-state index in [1.54, 1.807) is 4.68 Å². The molecule has 1 aromatic carbocycles. The molecule has 0 atom stereocenters. The van der Waals surface area contributed by atoms with Gasteiger partial charge in [0.15, 0.2) is 5.75 Å². The number of hydrogen-bond donors (Lipinski definition) is 1. The monoisotopic (exact) mass is 188 g/mol. The Labute approximate surface area is 82.6 Å². The highest BCUT2D eigenvalue weighted by Crippen LogP contribution is 2.14. The minimum Gasteiger partial charge on any atom is -0.504 e. The normalized spacial score (nSPS) is 10.4. The van der Waals surface area contributed by atoms with Crippen molar-refractivity contribution in [3.8, 4) is 5.75 Å². The highest BCUT2D eigenvalue weighted by molar-refractivity contribution is 5.23. The van der Waals surface area contributed by atoms with Gasteiger partial charge in [0.25, 0.3) is 0 Å². The lowest BCUT2D eigenvalue weighted by atomic mass is 10.2. The lowest BCUT2D eigenvalue weighted by molar-refractivity contribution is 0.468. The highest BCUT2D eigenvalue weighted by atomic mass is 16.3. The summed E-state index contributed by atoms with van der Waals surface area (Å²) in [6.07, 6.45) is 1.47. The molecule has 0 aliphatic carbocycles. The molecule has 72 valence electrons. The number of aromatic hydroxyl groups is 1. The largest absolute Gasteiger partial charge is 0.504 e. The molecular formula is C11H12N2O. The zero-order valence-electron chi connectivity index (χ0n) is 8.01. The van der Waals surface area contributed by atoms with Crippen LogP contribution in [0.1, 0.15) is 11.3 Å². The third kappa shape index (κ3) is 1.62. The van der Waals surface area contributed by atoms with Crippen molar-refractivity contribution in [2.75, 3.05) is 0 Å². The zero-order chi connectivity index (χ0) is 9.97. The van der Waals surface area contributed by atoms with E-state index >= 15 is 0 Å². The summed E-state index contributed by atoms with van der Waals surface area (Å²) in [6, 6.07) is 10.1. The van der Waals surface area contributed by atoms with Gasteiger partial charge >= 0.3 is 0 Å². The van der Waals surface area contributed by atoms with Crippen molar-refractivity contribution in [1.29, 1.82) is 0 Å². The summed E-state index contributed by atoms with van der Waals surface area (Å²) in [6.45, 7) is 2.55. The number of hydrogen-bond acceptors (Lipinski definition) is 2. The van der Waals surface area contributed by atoms with Gasteiger partial charge in [0.2, 0.25) is 0 Å². The fraction of sp³-hybridized carbons (Fsp3) is 0.182. The topological polar surface area (TPSA) is 38.1 Å². The molecule has 14 heavy (non-hydrogen) atoms. The van der Waals surface area contributed by atoms with Crippen molar-refractivity contribution in [1.82, 2.24) is 9.78 Å². The standard InChI is InChI=1S/C11H12N2O/c1-9-11(14)7-12-13(9)8-10-5-3-2-4-6-10/h2-7,14H,8H2,1H3. The van der Waals surface area contributed by atoms with Crippen LogP contribution < -0.4 is 0 Å². The fourth-order valence-electron chi connectivity index (χ4n) is 1.35. The Hall–Kier alpha value is -1.77. The van der Waals surface area contributed by atoms with E-state index in [1.165, 1.54) is 11.8 Å². The summed E-state index contributed by atoms with van der Waals surface area (Å²) < 4.78 is 1.78. The van der Waals surface area contributed by atoms with E-state index in [4.69, 9.17) is 0 Å². The first-order valence-electron chi connectivity index (χ1n) is 4.52. The molecule has 0 aliphatic heterocycles. The third-order valence-corrected chi connectivity index (χ3v) is 2.25. The number of benzene rings is 1. The second-order valence-electron chi connectivity index (χ2n) is 3.26. The predicted octanol–water partition coefficient (Wildman–Crippen LogP) is 1.95. The van der Waals surface area contributed by atoms with Gasteiger partial charge < -0.3 is 5.11 Å². The summed E-state index contributed by atoms with van der Waals surface area (Å²) in [5.41, 5.74) is 1.98. The number of nitrogens with zero attached hydrogens (tertiary/aromatic N) is 2. The molecule has 0 amide bonds. The van der Waals surface area contributed by atoms with Crippen LogP contribution in [-0.4, -0.2) is 14.9 Å². The van der Waals surface area contributed by atoms with Crippen LogP contribution in [-0.2, 0) is 6.54 Å². The molecule has 0 spiro atoms. The lowest BCUT2D eigenvalue weighted by Crippen LogP contribution is -2.02. The van der Waals surface area contributed by atoms with Crippen LogP contribution >= 0.6 is 0 Å². The molecule has 0 bridgehead atoms. The van der Waals surface area contributed by atoms with E-state index in [0.29, 0.717) is 6.54 Å². The average molecular weight is 188 g/mol. The van der Waals surface area contributed by atoms with Crippen LogP contribution in [0.25, 0.3) is 0 Å². The van der Waals surface area contributed by atoms with E-state index < -0.39 is 0 Å². The summed E-state index contributed by atoms with van der Waals surface area (Å²) in [5.74, 6) is 0.251. The van der Waals surface area contributed by atoms with Gasteiger partial charge in [-0.05, 0) is 12.5 Å². The minimum atomic E-state index is 0.251. The molecule has 0 radical (unpaired) electrons. The van der Waals surface area contributed by atoms with Crippen LogP contribution in [0.15, 0.2) is 36.5 Å². The molecule has 0 aliphatic rings. The lowest BCUT2D eigenvalue weighted by Gasteiger charge is -2.03. The van der Waals surface area contributed by atoms with Crippen LogP contribution in [0.4, 0.5) is 0 Å². The first-order valence-corrected chi connectivity index (χ1v) is 4.52. The van der Waals surface area contributed by atoms with E-state index in [2.05, 4.69) is 5.10 Å². The van der Waals surface area contributed by atoms with Crippen molar-refractivity contribution in [3.05, 3.63) is 47.8 Å². The second-order valence-corrected chi connectivity index (χ2v) is 3.26. The van der Waals surface area contributed by atoms with E-state index in [9.17, 15) is 5.11 Å². The van der Waals surface area contributed by atoms with Gasteiger partial charge in [-0.2, -0.15) is 5.10 Å². The summed E-state index contributed by atoms with van der Waals surface area (Å²) >= 11 is 0. The molecule has 1 aromatic heterocycles. The molecule has 0 saturated carbocycles. The maximum Gasteiger partial charge on any atom is 0.156 e. The molecule has 1 N–H and O–H groups in total. The van der Waals surface area contributed by atoms with Crippen LogP contribution in [0, 0.1) is 6.92 Å². The van der Waals surface area contributed by atoms with Gasteiger partial charge in [-0.1, -0.05) is 30.3 Å². The molecule has 2 rings (SSSR count). The maximum absolute atomic E-state index is 9.33. The Kier molecular flexibility index (Phi) is 2.23. The Morgan fingerprint density at radius 1 is 1.29 bits per heavy atom. The molecule has 3 nitrogen and oxygen atoms in total. The summed E-state index contributed by atoms with van der Waals surface area (Å²) in [5, 5.41) is 13.4. The first-order chi connectivity index (χ1) is 6.77. The van der Waals surface area contributed by atoms with Gasteiger partial charge in [0, 0.05) is 0 Å². The summed E-state index contributed by atoms with van der Waals surface area (Å²) in [4.78, 5) is 0. The quantitative estimate of drug-likeness (QED) is 0.782. The molecule has 0 fully saturated rings. The Morgan fingerprint density at radius 3 is 2.57 bits per heavy atom. The molecule has 3 heteroatoms. The van der Waals surface area contributed by atoms with E-state index in [1.807, 2.05) is 37.3 Å². The molecule has 0 saturated heterocycles. The Bertz CT molecular complexity index is 420. The van der Waals surface area contributed by atoms with Crippen LogP contribution in [0.3, 0.4) is 0 Å². The average Bonchev–Trinajstić information content (AvgIpc) is 2.52. The zero-order valence-corrected chi connectivity index (χ0v) is 8.01. The molecule has 2 aromatic rings. The van der Waals surface area contributed by atoms with Crippen LogP contribution in [0.5, 0.6) is 5.75 Å². The van der Waals surface area contributed by atoms with Gasteiger partial charge in [-0.3, -0.25) is 4.68 Å². The molecule has 0 unspecified atom stereocenters. The van der Waals surface area contributed by atoms with Gasteiger partial charge in [-0.25, -0.2) is 0 Å². The maximum atomic E-state index is 9.33. The molecule has 1 heterocycles.